The highest BCUT2D eigenvalue weighted by Crippen LogP contribution is 2.65. The molecule has 29 heavy (non-hydrogen) atoms. The summed E-state index contributed by atoms with van der Waals surface area (Å²) in [6.07, 6.45) is 3.25. The third kappa shape index (κ3) is 2.75. The molecule has 0 saturated heterocycles. The molecule has 0 aromatic rings. The topological polar surface area (TPSA) is 114 Å². The number of hydrogen-bond acceptors (Lipinski definition) is 6. The van der Waals surface area contributed by atoms with Crippen molar-refractivity contribution in [3.63, 3.8) is 0 Å². The van der Waals surface area contributed by atoms with E-state index in [1.54, 1.807) is 0 Å². The van der Waals surface area contributed by atoms with Gasteiger partial charge in [-0.3, -0.25) is 9.59 Å². The molecule has 4 bridgehead atoms. The van der Waals surface area contributed by atoms with E-state index in [0.717, 1.165) is 12.8 Å². The molecule has 4 fully saturated rings. The van der Waals surface area contributed by atoms with E-state index in [4.69, 9.17) is 0 Å². The van der Waals surface area contributed by atoms with E-state index in [1.165, 1.54) is 0 Å². The zero-order valence-electron chi connectivity index (χ0n) is 17.6. The molecule has 0 heterocycles. The second-order valence-electron chi connectivity index (χ2n) is 10.9. The number of rotatable bonds is 6. The van der Waals surface area contributed by atoms with E-state index in [2.05, 4.69) is 0 Å². The minimum Gasteiger partial charge on any atom is -0.299 e. The van der Waals surface area contributed by atoms with Crippen molar-refractivity contribution in [1.82, 2.24) is 4.13 Å². The predicted octanol–water partition coefficient (Wildman–Crippen LogP) is 2.03. The third-order valence-electron chi connectivity index (χ3n) is 9.41. The Bertz CT molecular complexity index is 916. The molecule has 0 spiro atoms. The van der Waals surface area contributed by atoms with Crippen LogP contribution in [0.2, 0.25) is 0 Å². The van der Waals surface area contributed by atoms with Crippen LogP contribution in [0.25, 0.3) is 0 Å². The Morgan fingerprint density at radius 3 is 1.34 bits per heavy atom. The summed E-state index contributed by atoms with van der Waals surface area (Å²) in [6.45, 7) is 7.65. The molecule has 4 saturated carbocycles. The number of ketones is 2. The monoisotopic (exact) mass is 445 g/mol. The Morgan fingerprint density at radius 1 is 0.759 bits per heavy atom. The van der Waals surface area contributed by atoms with Gasteiger partial charge in [-0.1, -0.05) is 27.7 Å². The number of nitrogens with one attached hydrogen (secondary N) is 1. The standard InChI is InChI=1S/C20H31NO6S2/c1-17(2)13-5-7-19(17,15(22)9-13)11-28(24,25)21-29(26,27)12-20-8-6-14(10-16(20)23)18(20,3)4/h13-14,21H,5-12H2,1-4H3. The van der Waals surface area contributed by atoms with Gasteiger partial charge in [-0.25, -0.2) is 16.8 Å². The summed E-state index contributed by atoms with van der Waals surface area (Å²) < 4.78 is 53.5. The number of sulfonamides is 2. The lowest BCUT2D eigenvalue weighted by molar-refractivity contribution is -0.128. The van der Waals surface area contributed by atoms with Crippen LogP contribution in [-0.4, -0.2) is 39.9 Å². The van der Waals surface area contributed by atoms with Crippen LogP contribution in [0, 0.1) is 33.5 Å². The molecule has 4 aliphatic rings. The summed E-state index contributed by atoms with van der Waals surface area (Å²) in [4.78, 5) is 25.3. The molecule has 7 nitrogen and oxygen atoms in total. The molecule has 4 rings (SSSR count). The van der Waals surface area contributed by atoms with Gasteiger partial charge >= 0.3 is 0 Å². The second kappa shape index (κ2) is 5.91. The van der Waals surface area contributed by atoms with Gasteiger partial charge in [-0.05, 0) is 48.3 Å². The van der Waals surface area contributed by atoms with Crippen molar-refractivity contribution in [2.75, 3.05) is 11.5 Å². The smallest absolute Gasteiger partial charge is 0.225 e. The summed E-state index contributed by atoms with van der Waals surface area (Å²) in [6, 6.07) is 0. The van der Waals surface area contributed by atoms with E-state index in [1.807, 2.05) is 31.8 Å². The molecule has 0 aliphatic heterocycles. The van der Waals surface area contributed by atoms with E-state index < -0.39 is 53.2 Å². The lowest BCUT2D eigenvalue weighted by Crippen LogP contribution is -2.50. The first kappa shape index (κ1) is 21.4. The maximum absolute atomic E-state index is 12.9. The maximum atomic E-state index is 12.9. The van der Waals surface area contributed by atoms with Gasteiger partial charge in [-0.15, -0.1) is 4.13 Å². The van der Waals surface area contributed by atoms with Crippen molar-refractivity contribution in [2.24, 2.45) is 33.5 Å². The van der Waals surface area contributed by atoms with E-state index >= 15 is 0 Å². The predicted molar refractivity (Wildman–Crippen MR) is 108 cm³/mol. The van der Waals surface area contributed by atoms with E-state index in [-0.39, 0.29) is 23.4 Å². The molecule has 0 amide bonds. The summed E-state index contributed by atoms with van der Waals surface area (Å²) >= 11 is 0. The van der Waals surface area contributed by atoms with Crippen LogP contribution >= 0.6 is 0 Å². The normalized spacial score (nSPS) is 40.1. The molecule has 4 aliphatic carbocycles. The summed E-state index contributed by atoms with van der Waals surface area (Å²) in [5.41, 5.74) is -3.00. The quantitative estimate of drug-likeness (QED) is 0.669. The van der Waals surface area contributed by atoms with Gasteiger partial charge < -0.3 is 0 Å². The Hall–Kier alpha value is -0.800. The van der Waals surface area contributed by atoms with Crippen molar-refractivity contribution < 1.29 is 26.4 Å². The van der Waals surface area contributed by atoms with E-state index in [9.17, 15) is 26.4 Å². The third-order valence-corrected chi connectivity index (χ3v) is 13.2. The highest BCUT2D eigenvalue weighted by Gasteiger charge is 2.67. The van der Waals surface area contributed by atoms with Crippen LogP contribution in [0.4, 0.5) is 0 Å². The van der Waals surface area contributed by atoms with Crippen LogP contribution in [0.1, 0.15) is 66.2 Å². The van der Waals surface area contributed by atoms with Crippen LogP contribution in [0.15, 0.2) is 0 Å². The summed E-state index contributed by atoms with van der Waals surface area (Å²) in [7, 11) is -8.52. The Kier molecular flexibility index (Phi) is 4.37. The van der Waals surface area contributed by atoms with Crippen LogP contribution in [0.5, 0.6) is 0 Å². The molecule has 164 valence electrons. The average Bonchev–Trinajstić information content (AvgIpc) is 3.05. The van der Waals surface area contributed by atoms with Crippen LogP contribution < -0.4 is 4.13 Å². The first-order chi connectivity index (χ1) is 13.1. The largest absolute Gasteiger partial charge is 0.299 e. The summed E-state index contributed by atoms with van der Waals surface area (Å²) in [5, 5.41) is 0. The first-order valence-electron chi connectivity index (χ1n) is 10.4. The van der Waals surface area contributed by atoms with Gasteiger partial charge in [0.25, 0.3) is 0 Å². The van der Waals surface area contributed by atoms with Crippen molar-refractivity contribution >= 4 is 31.6 Å². The number of hydrogen-bond donors (Lipinski definition) is 1. The fraction of sp³-hybridized carbons (Fsp3) is 0.900. The maximum Gasteiger partial charge on any atom is 0.225 e. The van der Waals surface area contributed by atoms with Crippen molar-refractivity contribution in [3.05, 3.63) is 0 Å². The molecular weight excluding hydrogens is 414 g/mol. The minimum atomic E-state index is -4.26. The van der Waals surface area contributed by atoms with E-state index in [0.29, 0.717) is 25.7 Å². The molecule has 0 radical (unpaired) electrons. The molecule has 4 unspecified atom stereocenters. The number of Topliss-reactive ketones (excluding diaryl/α,β-unsaturated/α-hetero) is 2. The lowest BCUT2D eigenvalue weighted by atomic mass is 9.70. The Morgan fingerprint density at radius 2 is 1.10 bits per heavy atom. The molecule has 4 atom stereocenters. The van der Waals surface area contributed by atoms with Crippen molar-refractivity contribution in [1.29, 1.82) is 0 Å². The van der Waals surface area contributed by atoms with Gasteiger partial charge in [0.1, 0.15) is 11.6 Å². The number of carbonyl (C=O) groups excluding carboxylic acids is 2. The molecule has 9 heteroatoms. The highest BCUT2D eigenvalue weighted by molar-refractivity contribution is 8.04. The van der Waals surface area contributed by atoms with Gasteiger partial charge in [0, 0.05) is 23.7 Å². The Labute approximate surface area is 173 Å². The first-order valence-corrected chi connectivity index (χ1v) is 13.7. The summed E-state index contributed by atoms with van der Waals surface area (Å²) in [5.74, 6) is -0.874. The lowest BCUT2D eigenvalue weighted by Gasteiger charge is -2.37. The zero-order valence-corrected chi connectivity index (χ0v) is 19.2. The zero-order chi connectivity index (χ0) is 21.7. The van der Waals surface area contributed by atoms with Gasteiger partial charge in [0.2, 0.25) is 20.0 Å². The number of fused-ring (bicyclic) bond motifs is 4. The van der Waals surface area contributed by atoms with Gasteiger partial charge in [0.15, 0.2) is 0 Å². The molecule has 0 aromatic heterocycles. The van der Waals surface area contributed by atoms with Crippen molar-refractivity contribution in [2.45, 2.75) is 66.2 Å². The minimum absolute atomic E-state index is 0.0779. The fourth-order valence-electron chi connectivity index (χ4n) is 7.12. The Balaban J connectivity index is 1.57. The molecule has 1 N–H and O–H groups in total. The van der Waals surface area contributed by atoms with Gasteiger partial charge in [-0.2, -0.15) is 0 Å². The average molecular weight is 446 g/mol. The number of carbonyl (C=O) groups is 2. The van der Waals surface area contributed by atoms with Crippen LogP contribution in [-0.2, 0) is 29.6 Å². The molecular formula is C20H31NO6S2. The molecule has 0 aromatic carbocycles. The van der Waals surface area contributed by atoms with Crippen molar-refractivity contribution in [3.8, 4) is 0 Å². The van der Waals surface area contributed by atoms with Gasteiger partial charge in [0.05, 0.1) is 11.5 Å². The highest BCUT2D eigenvalue weighted by atomic mass is 32.3. The fourth-order valence-corrected chi connectivity index (χ4v) is 11.8. The second-order valence-corrected chi connectivity index (χ2v) is 14.6. The SMILES string of the molecule is CC1(C)C2CCC1(CS(=O)(=O)NS(=O)(=O)CC13CCC(CC1=O)C3(C)C)C(=O)C2. The van der Waals surface area contributed by atoms with Crippen LogP contribution in [0.3, 0.4) is 0 Å².